The van der Waals surface area contributed by atoms with Gasteiger partial charge in [-0.05, 0) is 64.2 Å². The van der Waals surface area contributed by atoms with Crippen molar-refractivity contribution in [2.24, 2.45) is 0 Å². The molecule has 0 bridgehead atoms. The maximum Gasteiger partial charge on any atom is 0.267 e. The van der Waals surface area contributed by atoms with E-state index in [1.54, 1.807) is 6.08 Å². The number of amides is 1. The maximum absolute atomic E-state index is 12.4. The van der Waals surface area contributed by atoms with Gasteiger partial charge in [0.15, 0.2) is 0 Å². The largest absolute Gasteiger partial charge is 0.387 e. The average Bonchev–Trinajstić information content (AvgIpc) is 2.96. The Hall–Kier alpha value is -1.70. The van der Waals surface area contributed by atoms with Crippen molar-refractivity contribution in [3.05, 3.63) is 48.6 Å². The second-order valence-electron chi connectivity index (χ2n) is 11.8. The summed E-state index contributed by atoms with van der Waals surface area (Å²) in [6, 6.07) is -1.08. The molecule has 0 aromatic rings. The minimum Gasteiger partial charge on any atom is -0.387 e. The molecule has 2 unspecified atom stereocenters. The van der Waals surface area contributed by atoms with Crippen molar-refractivity contribution in [2.75, 3.05) is 5.75 Å². The predicted molar refractivity (Wildman–Crippen MR) is 184 cm³/mol. The molecule has 0 saturated heterocycles. The van der Waals surface area contributed by atoms with Gasteiger partial charge in [-0.2, -0.15) is 8.42 Å². The summed E-state index contributed by atoms with van der Waals surface area (Å²) >= 11 is 0. The molecule has 0 fully saturated rings. The summed E-state index contributed by atoms with van der Waals surface area (Å²) in [6.45, 7) is 4.45. The number of rotatable bonds is 30. The van der Waals surface area contributed by atoms with Gasteiger partial charge in [-0.1, -0.05) is 133 Å². The van der Waals surface area contributed by atoms with Crippen LogP contribution < -0.4 is 5.32 Å². The van der Waals surface area contributed by atoms with Crippen molar-refractivity contribution in [3.63, 3.8) is 0 Å². The van der Waals surface area contributed by atoms with Crippen molar-refractivity contribution in [3.8, 4) is 0 Å². The van der Waals surface area contributed by atoms with Gasteiger partial charge in [-0.15, -0.1) is 0 Å². The van der Waals surface area contributed by atoms with Crippen LogP contribution in [0.25, 0.3) is 0 Å². The number of allylic oxidation sites excluding steroid dienone is 7. The molecule has 3 N–H and O–H groups in total. The summed E-state index contributed by atoms with van der Waals surface area (Å²) in [6.07, 6.45) is 39.4. The van der Waals surface area contributed by atoms with Gasteiger partial charge in [0.2, 0.25) is 5.91 Å². The number of aliphatic hydroxyl groups excluding tert-OH is 1. The van der Waals surface area contributed by atoms with E-state index in [1.807, 2.05) is 0 Å². The van der Waals surface area contributed by atoms with Crippen LogP contribution in [0.15, 0.2) is 48.6 Å². The summed E-state index contributed by atoms with van der Waals surface area (Å²) in [5.74, 6) is -1.02. The van der Waals surface area contributed by atoms with Crippen LogP contribution in [0.2, 0.25) is 0 Å². The molecule has 0 radical (unpaired) electrons. The Morgan fingerprint density at radius 2 is 1.07 bits per heavy atom. The fourth-order valence-corrected chi connectivity index (χ4v) is 5.58. The third kappa shape index (κ3) is 31.5. The Bertz CT molecular complexity index is 863. The quantitative estimate of drug-likeness (QED) is 0.0420. The molecule has 0 aliphatic heterocycles. The number of hydrogen-bond donors (Lipinski definition) is 3. The molecule has 0 aliphatic carbocycles. The topological polar surface area (TPSA) is 104 Å². The van der Waals surface area contributed by atoms with Crippen LogP contribution in [0.5, 0.6) is 0 Å². The van der Waals surface area contributed by atoms with Crippen molar-refractivity contribution in [1.82, 2.24) is 5.32 Å². The number of nitrogens with one attached hydrogen (secondary N) is 1. The molecule has 43 heavy (non-hydrogen) atoms. The summed E-state index contributed by atoms with van der Waals surface area (Å²) in [5.41, 5.74) is 0. The molecule has 0 heterocycles. The molecule has 2 atom stereocenters. The Balaban J connectivity index is 4.11. The lowest BCUT2D eigenvalue weighted by Crippen LogP contribution is -2.46. The van der Waals surface area contributed by atoms with E-state index in [0.717, 1.165) is 51.4 Å². The molecule has 6 nitrogen and oxygen atoms in total. The van der Waals surface area contributed by atoms with Crippen LogP contribution in [0.4, 0.5) is 0 Å². The second-order valence-corrected chi connectivity index (χ2v) is 13.3. The molecule has 0 aromatic carbocycles. The highest BCUT2D eigenvalue weighted by atomic mass is 32.2. The summed E-state index contributed by atoms with van der Waals surface area (Å²) < 4.78 is 32.3. The first kappa shape index (κ1) is 41.3. The first-order chi connectivity index (χ1) is 20.8. The van der Waals surface area contributed by atoms with Crippen LogP contribution in [0, 0.1) is 0 Å². The standard InChI is InChI=1S/C36H65NO5S/c1-3-5-7-9-11-13-15-17-18-20-22-24-26-28-30-32-36(39)37-34(33-43(40,41)42)35(38)31-29-27-25-23-21-19-16-14-12-10-8-6-4-2/h11,13,17-18,21,23,29,31,34-35,38H,3-10,12,14-16,19-20,22,24-28,30,32-33H2,1-2H3,(H,37,39)(H,40,41,42)/b13-11-,18-17-,23-21+,31-29+. The predicted octanol–water partition coefficient (Wildman–Crippen LogP) is 9.57. The van der Waals surface area contributed by atoms with E-state index in [4.69, 9.17) is 0 Å². The van der Waals surface area contributed by atoms with E-state index >= 15 is 0 Å². The first-order valence-electron chi connectivity index (χ1n) is 17.3. The molecular formula is C36H65NO5S. The number of carbonyl (C=O) groups is 1. The summed E-state index contributed by atoms with van der Waals surface area (Å²) in [5, 5.41) is 13.1. The van der Waals surface area contributed by atoms with Crippen molar-refractivity contribution >= 4 is 16.0 Å². The summed E-state index contributed by atoms with van der Waals surface area (Å²) in [4.78, 5) is 12.4. The zero-order valence-corrected chi connectivity index (χ0v) is 28.4. The van der Waals surface area contributed by atoms with Crippen molar-refractivity contribution in [1.29, 1.82) is 0 Å². The third-order valence-electron chi connectivity index (χ3n) is 7.48. The van der Waals surface area contributed by atoms with Crippen LogP contribution in [0.1, 0.15) is 155 Å². The monoisotopic (exact) mass is 623 g/mol. The number of hydrogen-bond acceptors (Lipinski definition) is 4. The van der Waals surface area contributed by atoms with Crippen LogP contribution in [-0.4, -0.2) is 41.9 Å². The maximum atomic E-state index is 12.4. The molecule has 0 rings (SSSR count). The molecule has 0 saturated carbocycles. The van der Waals surface area contributed by atoms with Gasteiger partial charge >= 0.3 is 0 Å². The van der Waals surface area contributed by atoms with Crippen LogP contribution in [-0.2, 0) is 14.9 Å². The minimum atomic E-state index is -4.35. The molecule has 0 aliphatic rings. The smallest absolute Gasteiger partial charge is 0.267 e. The van der Waals surface area contributed by atoms with Gasteiger partial charge in [0.25, 0.3) is 10.1 Å². The van der Waals surface area contributed by atoms with E-state index in [-0.39, 0.29) is 12.3 Å². The molecular weight excluding hydrogens is 558 g/mol. The van der Waals surface area contributed by atoms with Crippen molar-refractivity contribution in [2.45, 2.75) is 167 Å². The van der Waals surface area contributed by atoms with Gasteiger partial charge in [0.1, 0.15) is 0 Å². The van der Waals surface area contributed by atoms with E-state index < -0.39 is 28.0 Å². The zero-order valence-electron chi connectivity index (χ0n) is 27.6. The lowest BCUT2D eigenvalue weighted by molar-refractivity contribution is -0.122. The number of aliphatic hydroxyl groups is 1. The zero-order chi connectivity index (χ0) is 31.9. The van der Waals surface area contributed by atoms with Gasteiger partial charge in [0, 0.05) is 6.42 Å². The van der Waals surface area contributed by atoms with E-state index in [0.29, 0.717) is 12.8 Å². The Kier molecular flexibility index (Phi) is 29.1. The molecule has 250 valence electrons. The highest BCUT2D eigenvalue weighted by molar-refractivity contribution is 7.85. The average molecular weight is 624 g/mol. The molecule has 0 aromatic heterocycles. The van der Waals surface area contributed by atoms with Gasteiger partial charge in [-0.3, -0.25) is 9.35 Å². The number of carbonyl (C=O) groups excluding carboxylic acids is 1. The Labute approximate surface area is 265 Å². The van der Waals surface area contributed by atoms with E-state index in [2.05, 4.69) is 55.6 Å². The van der Waals surface area contributed by atoms with E-state index in [9.17, 15) is 22.9 Å². The van der Waals surface area contributed by atoms with Gasteiger partial charge in [0.05, 0.1) is 17.9 Å². The third-order valence-corrected chi connectivity index (χ3v) is 8.26. The molecule has 1 amide bonds. The fourth-order valence-electron chi connectivity index (χ4n) is 4.85. The highest BCUT2D eigenvalue weighted by Crippen LogP contribution is 2.11. The molecule has 7 heteroatoms. The SMILES string of the molecule is CCCCC/C=C\C/C=C\CCCCCCCC(=O)NC(CS(=O)(=O)O)C(O)/C=C/CC/C=C/CCCCCCCCC. The second kappa shape index (κ2) is 30.3. The van der Waals surface area contributed by atoms with Crippen LogP contribution >= 0.6 is 0 Å². The first-order valence-corrected chi connectivity index (χ1v) is 18.9. The Morgan fingerprint density at radius 3 is 1.65 bits per heavy atom. The van der Waals surface area contributed by atoms with Gasteiger partial charge < -0.3 is 10.4 Å². The van der Waals surface area contributed by atoms with Crippen LogP contribution in [0.3, 0.4) is 0 Å². The number of unbranched alkanes of at least 4 members (excludes halogenated alkanes) is 16. The molecule has 0 spiro atoms. The Morgan fingerprint density at radius 1 is 0.628 bits per heavy atom. The lowest BCUT2D eigenvalue weighted by Gasteiger charge is -2.21. The summed E-state index contributed by atoms with van der Waals surface area (Å²) in [7, 11) is -4.35. The van der Waals surface area contributed by atoms with E-state index in [1.165, 1.54) is 76.7 Å². The fraction of sp³-hybridized carbons (Fsp3) is 0.750. The minimum absolute atomic E-state index is 0.270. The highest BCUT2D eigenvalue weighted by Gasteiger charge is 2.24. The van der Waals surface area contributed by atoms with Crippen molar-refractivity contribution < 1.29 is 22.9 Å². The lowest BCUT2D eigenvalue weighted by atomic mass is 10.1. The van der Waals surface area contributed by atoms with Gasteiger partial charge in [-0.25, -0.2) is 0 Å². The normalized spacial score (nSPS) is 14.0.